The molecule has 3 heterocycles. The van der Waals surface area contributed by atoms with Crippen LogP contribution in [0, 0.1) is 12.8 Å². The summed E-state index contributed by atoms with van der Waals surface area (Å²) in [5, 5.41) is 9.52. The first kappa shape index (κ1) is 17.0. The number of aryl methyl sites for hydroxylation is 1. The molecule has 1 amide bonds. The molecule has 6 heteroatoms. The van der Waals surface area contributed by atoms with Crippen LogP contribution in [0.2, 0.25) is 0 Å². The van der Waals surface area contributed by atoms with Gasteiger partial charge in [0.25, 0.3) is 5.91 Å². The number of hydrogen-bond donors (Lipinski definition) is 1. The molecule has 0 saturated carbocycles. The van der Waals surface area contributed by atoms with Crippen molar-refractivity contribution < 1.29 is 9.53 Å². The number of carbonyl (C=O) groups is 1. The molecule has 1 aliphatic rings. The second kappa shape index (κ2) is 6.68. The summed E-state index contributed by atoms with van der Waals surface area (Å²) in [6, 6.07) is 8.26. The number of nitrogens with one attached hydrogen (secondary N) is 1. The van der Waals surface area contributed by atoms with Crippen molar-refractivity contribution in [2.24, 2.45) is 5.92 Å². The molecule has 1 aliphatic heterocycles. The van der Waals surface area contributed by atoms with E-state index in [0.29, 0.717) is 18.3 Å². The largest absolute Gasteiger partial charge is 0.368 e. The lowest BCUT2D eigenvalue weighted by Crippen LogP contribution is -2.27. The van der Waals surface area contributed by atoms with Crippen LogP contribution < -0.4 is 5.32 Å². The Balaban J connectivity index is 1.80. The Kier molecular flexibility index (Phi) is 4.36. The Morgan fingerprint density at radius 1 is 1.38 bits per heavy atom. The molecular formula is C20H24N4O2. The Morgan fingerprint density at radius 2 is 2.23 bits per heavy atom. The summed E-state index contributed by atoms with van der Waals surface area (Å²) in [4.78, 5) is 17.3. The van der Waals surface area contributed by atoms with E-state index in [4.69, 9.17) is 9.72 Å². The highest BCUT2D eigenvalue weighted by atomic mass is 16.5. The monoisotopic (exact) mass is 352 g/mol. The lowest BCUT2D eigenvalue weighted by molar-refractivity contribution is -0.124. The second-order valence-corrected chi connectivity index (χ2v) is 7.47. The zero-order valence-electron chi connectivity index (χ0n) is 15.5. The van der Waals surface area contributed by atoms with Gasteiger partial charge in [-0.1, -0.05) is 26.0 Å². The van der Waals surface area contributed by atoms with Crippen molar-refractivity contribution in [1.29, 1.82) is 0 Å². The Labute approximate surface area is 152 Å². The van der Waals surface area contributed by atoms with Crippen LogP contribution in [0.1, 0.15) is 32.3 Å². The number of hydrogen-bond acceptors (Lipinski definition) is 4. The van der Waals surface area contributed by atoms with E-state index in [1.807, 2.05) is 4.68 Å². The topological polar surface area (TPSA) is 69.0 Å². The fourth-order valence-electron chi connectivity index (χ4n) is 3.41. The zero-order chi connectivity index (χ0) is 18.3. The molecular weight excluding hydrogens is 328 g/mol. The average molecular weight is 352 g/mol. The van der Waals surface area contributed by atoms with Gasteiger partial charge in [-0.25, -0.2) is 9.67 Å². The van der Waals surface area contributed by atoms with E-state index >= 15 is 0 Å². The quantitative estimate of drug-likeness (QED) is 0.778. The van der Waals surface area contributed by atoms with E-state index < -0.39 is 0 Å². The van der Waals surface area contributed by atoms with Gasteiger partial charge in [0.2, 0.25) is 0 Å². The van der Waals surface area contributed by atoms with Crippen molar-refractivity contribution in [3.63, 3.8) is 0 Å². The summed E-state index contributed by atoms with van der Waals surface area (Å²) in [6.07, 6.45) is 1.31. The molecule has 6 nitrogen and oxygen atoms in total. The van der Waals surface area contributed by atoms with E-state index in [0.717, 1.165) is 41.3 Å². The number of rotatable bonds is 4. The molecule has 0 aliphatic carbocycles. The van der Waals surface area contributed by atoms with Crippen LogP contribution in [-0.2, 0) is 16.1 Å². The number of ether oxygens (including phenoxy) is 1. The van der Waals surface area contributed by atoms with Crippen LogP contribution >= 0.6 is 0 Å². The predicted octanol–water partition coefficient (Wildman–Crippen LogP) is 3.67. The molecule has 2 aromatic heterocycles. The standard InChI is InChI=1S/C20H24N4O2/c1-12(2)11-24-19-15(10-14-7-6-13(3)9-16(14)21-19)18(23-24)22-20(25)17-5-4-8-26-17/h6-7,9-10,12,17H,4-5,8,11H2,1-3H3,(H,22,23,25). The molecule has 1 atom stereocenters. The number of carbonyl (C=O) groups excluding carboxylic acids is 1. The first-order valence-electron chi connectivity index (χ1n) is 9.21. The van der Waals surface area contributed by atoms with Gasteiger partial charge in [0.05, 0.1) is 10.9 Å². The summed E-state index contributed by atoms with van der Waals surface area (Å²) < 4.78 is 7.39. The van der Waals surface area contributed by atoms with Gasteiger partial charge in [-0.05, 0) is 43.4 Å². The van der Waals surface area contributed by atoms with Crippen molar-refractivity contribution in [1.82, 2.24) is 14.8 Å². The minimum atomic E-state index is -0.378. The summed E-state index contributed by atoms with van der Waals surface area (Å²) in [6.45, 7) is 7.74. The third kappa shape index (κ3) is 3.17. The Hall–Kier alpha value is -2.47. The molecule has 0 spiro atoms. The molecule has 1 unspecified atom stereocenters. The molecule has 26 heavy (non-hydrogen) atoms. The number of amides is 1. The van der Waals surface area contributed by atoms with Gasteiger partial charge in [-0.3, -0.25) is 4.79 Å². The fourth-order valence-corrected chi connectivity index (χ4v) is 3.41. The number of fused-ring (bicyclic) bond motifs is 2. The third-order valence-corrected chi connectivity index (χ3v) is 4.68. The molecule has 136 valence electrons. The predicted molar refractivity (Wildman–Crippen MR) is 102 cm³/mol. The maximum absolute atomic E-state index is 12.5. The summed E-state index contributed by atoms with van der Waals surface area (Å²) in [5.41, 5.74) is 2.92. The van der Waals surface area contributed by atoms with Gasteiger partial charge < -0.3 is 10.1 Å². The summed E-state index contributed by atoms with van der Waals surface area (Å²) in [5.74, 6) is 0.869. The van der Waals surface area contributed by atoms with Gasteiger partial charge in [-0.15, -0.1) is 0 Å². The first-order valence-corrected chi connectivity index (χ1v) is 9.21. The van der Waals surface area contributed by atoms with Gasteiger partial charge in [0.1, 0.15) is 6.10 Å². The van der Waals surface area contributed by atoms with Crippen molar-refractivity contribution in [3.8, 4) is 0 Å². The third-order valence-electron chi connectivity index (χ3n) is 4.68. The number of aromatic nitrogens is 3. The fraction of sp³-hybridized carbons (Fsp3) is 0.450. The Morgan fingerprint density at radius 3 is 2.96 bits per heavy atom. The van der Waals surface area contributed by atoms with Crippen LogP contribution in [0.4, 0.5) is 5.82 Å². The minimum Gasteiger partial charge on any atom is -0.368 e. The molecule has 1 fully saturated rings. The zero-order valence-corrected chi connectivity index (χ0v) is 15.5. The first-order chi connectivity index (χ1) is 12.5. The number of benzene rings is 1. The Bertz CT molecular complexity index is 971. The molecule has 4 rings (SSSR count). The van der Waals surface area contributed by atoms with Crippen molar-refractivity contribution >= 4 is 33.7 Å². The number of anilines is 1. The molecule has 0 bridgehead atoms. The van der Waals surface area contributed by atoms with E-state index in [9.17, 15) is 4.79 Å². The molecule has 3 aromatic rings. The van der Waals surface area contributed by atoms with Gasteiger partial charge >= 0.3 is 0 Å². The SMILES string of the molecule is Cc1ccc2cc3c(NC(=O)C4CCCO4)nn(CC(C)C)c3nc2c1. The molecule has 1 N–H and O–H groups in total. The number of pyridine rings is 1. The maximum atomic E-state index is 12.5. The van der Waals surface area contributed by atoms with Crippen LogP contribution in [0.3, 0.4) is 0 Å². The van der Waals surface area contributed by atoms with Crippen molar-refractivity contribution in [2.75, 3.05) is 11.9 Å². The van der Waals surface area contributed by atoms with Gasteiger partial charge in [0, 0.05) is 18.5 Å². The molecule has 1 aromatic carbocycles. The van der Waals surface area contributed by atoms with E-state index in [2.05, 4.69) is 55.5 Å². The van der Waals surface area contributed by atoms with Crippen molar-refractivity contribution in [2.45, 2.75) is 46.3 Å². The number of nitrogens with zero attached hydrogens (tertiary/aromatic N) is 3. The van der Waals surface area contributed by atoms with Crippen molar-refractivity contribution in [3.05, 3.63) is 29.8 Å². The lowest BCUT2D eigenvalue weighted by atomic mass is 10.1. The van der Waals surface area contributed by atoms with E-state index in [-0.39, 0.29) is 12.0 Å². The normalized spacial score (nSPS) is 17.5. The highest BCUT2D eigenvalue weighted by Crippen LogP contribution is 2.27. The minimum absolute atomic E-state index is 0.123. The molecule has 0 radical (unpaired) electrons. The summed E-state index contributed by atoms with van der Waals surface area (Å²) in [7, 11) is 0. The summed E-state index contributed by atoms with van der Waals surface area (Å²) >= 11 is 0. The highest BCUT2D eigenvalue weighted by molar-refractivity contribution is 6.03. The van der Waals surface area contributed by atoms with E-state index in [1.165, 1.54) is 5.56 Å². The lowest BCUT2D eigenvalue weighted by Gasteiger charge is -2.08. The van der Waals surface area contributed by atoms with Crippen LogP contribution in [-0.4, -0.2) is 33.4 Å². The van der Waals surface area contributed by atoms with Crippen LogP contribution in [0.25, 0.3) is 21.9 Å². The van der Waals surface area contributed by atoms with Gasteiger partial charge in [-0.2, -0.15) is 5.10 Å². The van der Waals surface area contributed by atoms with Gasteiger partial charge in [0.15, 0.2) is 11.5 Å². The van der Waals surface area contributed by atoms with Crippen LogP contribution in [0.15, 0.2) is 24.3 Å². The smallest absolute Gasteiger partial charge is 0.254 e. The second-order valence-electron chi connectivity index (χ2n) is 7.47. The van der Waals surface area contributed by atoms with E-state index in [1.54, 1.807) is 0 Å². The van der Waals surface area contributed by atoms with Crippen LogP contribution in [0.5, 0.6) is 0 Å². The highest BCUT2D eigenvalue weighted by Gasteiger charge is 2.25. The molecule has 1 saturated heterocycles. The average Bonchev–Trinajstić information content (AvgIpc) is 3.22. The maximum Gasteiger partial charge on any atom is 0.254 e.